The van der Waals surface area contributed by atoms with E-state index in [-0.39, 0.29) is 51.8 Å². The Hall–Kier alpha value is -3.93. The van der Waals surface area contributed by atoms with Crippen molar-refractivity contribution in [1.29, 1.82) is 0 Å². The number of hydrogen-bond donors (Lipinski definition) is 3. The zero-order chi connectivity index (χ0) is 31.8. The van der Waals surface area contributed by atoms with E-state index in [9.17, 15) is 19.1 Å². The van der Waals surface area contributed by atoms with Gasteiger partial charge in [-0.15, -0.1) is 0 Å². The number of pyridine rings is 1. The number of hydrogen-bond acceptors (Lipinski definition) is 7. The molecule has 3 aliphatic rings. The van der Waals surface area contributed by atoms with Crippen LogP contribution in [0.3, 0.4) is 0 Å². The molecule has 45 heavy (non-hydrogen) atoms. The quantitative estimate of drug-likeness (QED) is 0.215. The molecule has 0 radical (unpaired) electrons. The van der Waals surface area contributed by atoms with Crippen LogP contribution in [0.2, 0.25) is 10.0 Å². The molecule has 0 saturated heterocycles. The van der Waals surface area contributed by atoms with Gasteiger partial charge in [0.1, 0.15) is 46.1 Å². The van der Waals surface area contributed by atoms with Gasteiger partial charge in [0.25, 0.3) is 5.91 Å². The fourth-order valence-corrected chi connectivity index (χ4v) is 6.36. The number of primary amides is 1. The first kappa shape index (κ1) is 29.8. The molecule has 3 heterocycles. The number of ether oxygens (including phenoxy) is 2. The van der Waals surface area contributed by atoms with Crippen LogP contribution in [0.4, 0.5) is 4.39 Å². The first-order valence-corrected chi connectivity index (χ1v) is 15.4. The Balaban J connectivity index is 1.27. The van der Waals surface area contributed by atoms with E-state index < -0.39 is 28.6 Å². The maximum atomic E-state index is 14.2. The summed E-state index contributed by atoms with van der Waals surface area (Å²) in [6, 6.07) is 7.89. The monoisotopic (exact) mass is 653 g/mol. The molecule has 1 aliphatic heterocycles. The molecule has 10 nitrogen and oxygen atoms in total. The molecule has 2 amide bonds. The van der Waals surface area contributed by atoms with E-state index in [0.29, 0.717) is 41.3 Å². The molecule has 13 heteroatoms. The zero-order valence-electron chi connectivity index (χ0n) is 24.5. The molecule has 4 N–H and O–H groups in total. The van der Waals surface area contributed by atoms with Crippen LogP contribution in [0.15, 0.2) is 36.5 Å². The lowest BCUT2D eigenvalue weighted by molar-refractivity contribution is -0.123. The van der Waals surface area contributed by atoms with Gasteiger partial charge >= 0.3 is 0 Å². The highest BCUT2D eigenvalue weighted by atomic mass is 35.5. The molecule has 2 aromatic carbocycles. The van der Waals surface area contributed by atoms with Crippen LogP contribution >= 0.6 is 23.2 Å². The van der Waals surface area contributed by atoms with E-state index in [1.807, 2.05) is 10.9 Å². The molecule has 0 spiro atoms. The van der Waals surface area contributed by atoms with Crippen LogP contribution in [0.5, 0.6) is 11.5 Å². The summed E-state index contributed by atoms with van der Waals surface area (Å²) in [5.41, 5.74) is 4.97. The van der Waals surface area contributed by atoms with Crippen molar-refractivity contribution in [2.45, 2.75) is 49.7 Å². The average molecular weight is 655 g/mol. The molecule has 2 aromatic heterocycles. The van der Waals surface area contributed by atoms with Gasteiger partial charge < -0.3 is 25.6 Å². The Morgan fingerprint density at radius 1 is 1.22 bits per heavy atom. The van der Waals surface area contributed by atoms with E-state index in [4.69, 9.17) is 43.4 Å². The number of nitrogens with two attached hydrogens (primary N) is 1. The maximum Gasteiger partial charge on any atom is 0.251 e. The van der Waals surface area contributed by atoms with Crippen LogP contribution in [0.25, 0.3) is 22.2 Å². The molecule has 0 unspecified atom stereocenters. The van der Waals surface area contributed by atoms with Crippen LogP contribution in [0.1, 0.15) is 60.3 Å². The highest BCUT2D eigenvalue weighted by molar-refractivity contribution is 6.43. The van der Waals surface area contributed by atoms with Crippen molar-refractivity contribution in [1.82, 2.24) is 20.1 Å². The number of rotatable bonds is 9. The van der Waals surface area contributed by atoms with Gasteiger partial charge in [-0.2, -0.15) is 5.10 Å². The van der Waals surface area contributed by atoms with Gasteiger partial charge in [-0.3, -0.25) is 14.3 Å². The Labute approximate surface area is 267 Å². The van der Waals surface area contributed by atoms with Crippen LogP contribution < -0.4 is 20.5 Å². The second-order valence-electron chi connectivity index (χ2n) is 12.3. The molecule has 4 aromatic rings. The molecule has 234 valence electrons. The third-order valence-corrected chi connectivity index (χ3v) is 9.97. The second-order valence-corrected chi connectivity index (χ2v) is 13.0. The summed E-state index contributed by atoms with van der Waals surface area (Å²) in [6.45, 7) is 1.39. The first-order chi connectivity index (χ1) is 21.4. The Morgan fingerprint density at radius 2 is 1.98 bits per heavy atom. The Morgan fingerprint density at radius 3 is 2.64 bits per heavy atom. The number of nitrogens with one attached hydrogen (secondary N) is 1. The minimum atomic E-state index is -1.64. The lowest BCUT2D eigenvalue weighted by Gasteiger charge is -2.30. The molecule has 7 rings (SSSR count). The van der Waals surface area contributed by atoms with E-state index in [1.54, 1.807) is 25.1 Å². The van der Waals surface area contributed by atoms with Crippen molar-refractivity contribution in [3.8, 4) is 22.8 Å². The number of nitrogens with zero attached hydrogens (tertiary/aromatic N) is 3. The summed E-state index contributed by atoms with van der Waals surface area (Å²) in [7, 11) is 1.53. The number of fused-ring (bicyclic) bond motifs is 2. The smallest absolute Gasteiger partial charge is 0.251 e. The fourth-order valence-electron chi connectivity index (χ4n) is 5.96. The predicted molar refractivity (Wildman–Crippen MR) is 165 cm³/mol. The standard InChI is InChI=1S/C32H30Cl2FN5O5/c1-31(30(36)42)14-45-28-20(31)11-23(38-27(28)19-7-8-21(35)25(34)24(19)33)32(43,17-3-4-17)13-37-29(41)15-9-16-12-40(18-5-6-18)39-26(16)22(10-15)44-2/h7-12,17-18,43H,3-6,13-14H2,1-2H3,(H2,36,42)(H,37,41)/t31-,32+/m0/s1. The number of benzene rings is 2. The molecular weight excluding hydrogens is 624 g/mol. The van der Waals surface area contributed by atoms with Gasteiger partial charge in [0.15, 0.2) is 0 Å². The third kappa shape index (κ3) is 4.88. The highest BCUT2D eigenvalue weighted by Crippen LogP contribution is 2.51. The van der Waals surface area contributed by atoms with Gasteiger partial charge in [0, 0.05) is 28.3 Å². The van der Waals surface area contributed by atoms with E-state index >= 15 is 0 Å². The normalized spacial score (nSPS) is 20.4. The second kappa shape index (κ2) is 10.6. The maximum absolute atomic E-state index is 14.2. The van der Waals surface area contributed by atoms with Crippen molar-refractivity contribution in [3.05, 3.63) is 69.2 Å². The predicted octanol–water partition coefficient (Wildman–Crippen LogP) is 5.05. The first-order valence-electron chi connectivity index (χ1n) is 14.6. The molecule has 2 saturated carbocycles. The average Bonchev–Trinajstić information content (AvgIpc) is 3.97. The highest BCUT2D eigenvalue weighted by Gasteiger charge is 2.50. The van der Waals surface area contributed by atoms with E-state index in [0.717, 1.165) is 24.3 Å². The number of aromatic nitrogens is 3. The number of methoxy groups -OCH3 is 1. The minimum absolute atomic E-state index is 0.0669. The number of carbonyl (C=O) groups excluding carboxylic acids is 2. The third-order valence-electron chi connectivity index (χ3n) is 9.12. The minimum Gasteiger partial charge on any atom is -0.494 e. The van der Waals surface area contributed by atoms with Crippen LogP contribution in [-0.4, -0.2) is 51.9 Å². The fraction of sp³-hybridized carbons (Fsp3) is 0.375. The topological polar surface area (TPSA) is 142 Å². The van der Waals surface area contributed by atoms with E-state index in [1.165, 1.54) is 13.2 Å². The van der Waals surface area contributed by atoms with Gasteiger partial charge in [0.2, 0.25) is 5.91 Å². The van der Waals surface area contributed by atoms with Crippen molar-refractivity contribution < 1.29 is 28.6 Å². The Bertz CT molecular complexity index is 1910. The molecule has 2 aliphatic carbocycles. The number of aliphatic hydroxyl groups is 1. The van der Waals surface area contributed by atoms with Crippen molar-refractivity contribution in [3.63, 3.8) is 0 Å². The molecular formula is C32H30Cl2FN5O5. The number of amides is 2. The number of carbonyl (C=O) groups is 2. The Kier molecular flexibility index (Phi) is 6.99. The summed E-state index contributed by atoms with van der Waals surface area (Å²) >= 11 is 12.6. The summed E-state index contributed by atoms with van der Waals surface area (Å²) in [4.78, 5) is 31.0. The molecule has 2 atom stereocenters. The van der Waals surface area contributed by atoms with Crippen molar-refractivity contribution >= 4 is 45.9 Å². The zero-order valence-corrected chi connectivity index (χ0v) is 26.0. The molecule has 0 bridgehead atoms. The van der Waals surface area contributed by atoms with Gasteiger partial charge in [-0.05, 0) is 68.9 Å². The SMILES string of the molecule is COc1cc(C(=O)NC[C@](O)(c2cc3c(c(-c4ccc(F)c(Cl)c4Cl)n2)OC[C@]3(C)C(N)=O)C2CC2)cc2cn(C3CC3)nc12. The van der Waals surface area contributed by atoms with Crippen molar-refractivity contribution in [2.24, 2.45) is 11.7 Å². The van der Waals surface area contributed by atoms with Gasteiger partial charge in [-0.25, -0.2) is 9.37 Å². The lowest BCUT2D eigenvalue weighted by atomic mass is 9.81. The lowest BCUT2D eigenvalue weighted by Crippen LogP contribution is -2.44. The van der Waals surface area contributed by atoms with Crippen LogP contribution in [-0.2, 0) is 15.8 Å². The van der Waals surface area contributed by atoms with Crippen molar-refractivity contribution in [2.75, 3.05) is 20.3 Å². The largest absolute Gasteiger partial charge is 0.494 e. The van der Waals surface area contributed by atoms with Gasteiger partial charge in [0.05, 0.1) is 35.4 Å². The summed E-state index contributed by atoms with van der Waals surface area (Å²) in [5, 5.41) is 20.1. The number of halogens is 3. The van der Waals surface area contributed by atoms with Gasteiger partial charge in [-0.1, -0.05) is 23.2 Å². The summed E-state index contributed by atoms with van der Waals surface area (Å²) in [5.74, 6) is -1.30. The molecule has 2 fully saturated rings. The van der Waals surface area contributed by atoms with E-state index in [2.05, 4.69) is 10.4 Å². The van der Waals surface area contributed by atoms with Crippen LogP contribution in [0, 0.1) is 11.7 Å². The summed E-state index contributed by atoms with van der Waals surface area (Å²) < 4.78 is 27.6. The summed E-state index contributed by atoms with van der Waals surface area (Å²) in [6.07, 6.45) is 5.41.